The monoisotopic (exact) mass is 196 g/mol. The van der Waals surface area contributed by atoms with Crippen molar-refractivity contribution in [3.8, 4) is 0 Å². The maximum atomic E-state index is 10.9. The number of carboxylic acids is 1. The Kier molecular flexibility index (Phi) is 3.45. The molecular formula is C10H12O4. The van der Waals surface area contributed by atoms with Gasteiger partial charge < -0.3 is 9.84 Å². The Bertz CT molecular complexity index is 301. The summed E-state index contributed by atoms with van der Waals surface area (Å²) in [6, 6.07) is 0. The number of carbonyl (C=O) groups is 2. The van der Waals surface area contributed by atoms with Gasteiger partial charge in [-0.2, -0.15) is 0 Å². The molecule has 0 radical (unpaired) electrons. The number of aliphatic carboxylic acids is 1. The van der Waals surface area contributed by atoms with Crippen LogP contribution in [0.4, 0.5) is 0 Å². The van der Waals surface area contributed by atoms with Gasteiger partial charge in [-0.1, -0.05) is 6.08 Å². The lowest BCUT2D eigenvalue weighted by Crippen LogP contribution is -2.08. The van der Waals surface area contributed by atoms with Crippen LogP contribution >= 0.6 is 0 Å². The maximum Gasteiger partial charge on any atom is 0.335 e. The molecule has 1 unspecified atom stereocenters. The molecule has 4 heteroatoms. The summed E-state index contributed by atoms with van der Waals surface area (Å²) in [5.74, 6) is -0.661. The number of carbonyl (C=O) groups excluding carboxylic acids is 1. The molecule has 14 heavy (non-hydrogen) atoms. The summed E-state index contributed by atoms with van der Waals surface area (Å²) in [5.41, 5.74) is 0.269. The molecule has 1 atom stereocenters. The third kappa shape index (κ3) is 2.02. The van der Waals surface area contributed by atoms with E-state index in [0.717, 1.165) is 0 Å². The smallest absolute Gasteiger partial charge is 0.335 e. The number of aldehydes is 1. The highest BCUT2D eigenvalue weighted by atomic mass is 16.5. The first-order chi connectivity index (χ1) is 6.70. The molecule has 1 N–H and O–H groups in total. The normalized spacial score (nSPS) is 21.6. The van der Waals surface area contributed by atoms with Gasteiger partial charge in [0.25, 0.3) is 0 Å². The van der Waals surface area contributed by atoms with Crippen LogP contribution in [0, 0.1) is 5.92 Å². The molecule has 1 aliphatic carbocycles. The highest BCUT2D eigenvalue weighted by molar-refractivity contribution is 5.89. The molecule has 0 fully saturated rings. The van der Waals surface area contributed by atoms with Crippen LogP contribution in [0.2, 0.25) is 0 Å². The van der Waals surface area contributed by atoms with Crippen LogP contribution in [0.1, 0.15) is 12.8 Å². The molecule has 0 amide bonds. The second-order valence-corrected chi connectivity index (χ2v) is 3.01. The standard InChI is InChI=1S/C10H12O4/c1-14-8-5-4-7(3-2-6-11)9(8)10(12)13/h2-3,6-7H,4-5H2,1H3,(H,12,13)/b3-2+. The minimum atomic E-state index is -0.972. The van der Waals surface area contributed by atoms with Gasteiger partial charge in [-0.3, -0.25) is 4.79 Å². The molecule has 0 saturated heterocycles. The Morgan fingerprint density at radius 1 is 1.64 bits per heavy atom. The number of rotatable bonds is 4. The van der Waals surface area contributed by atoms with Crippen LogP contribution in [0.3, 0.4) is 0 Å². The van der Waals surface area contributed by atoms with Crippen molar-refractivity contribution < 1.29 is 19.4 Å². The molecule has 1 aliphatic rings. The van der Waals surface area contributed by atoms with E-state index in [2.05, 4.69) is 0 Å². The quantitative estimate of drug-likeness (QED) is 0.541. The van der Waals surface area contributed by atoms with E-state index in [1.807, 2.05) is 0 Å². The third-order valence-electron chi connectivity index (χ3n) is 2.25. The van der Waals surface area contributed by atoms with Crippen molar-refractivity contribution >= 4 is 12.3 Å². The molecule has 0 saturated carbocycles. The summed E-state index contributed by atoms with van der Waals surface area (Å²) < 4.78 is 4.97. The van der Waals surface area contributed by atoms with Crippen LogP contribution in [-0.2, 0) is 14.3 Å². The summed E-state index contributed by atoms with van der Waals surface area (Å²) in [4.78, 5) is 21.0. The number of methoxy groups -OCH3 is 1. The zero-order valence-corrected chi connectivity index (χ0v) is 7.90. The van der Waals surface area contributed by atoms with E-state index in [1.54, 1.807) is 6.08 Å². The fourth-order valence-electron chi connectivity index (χ4n) is 1.63. The van der Waals surface area contributed by atoms with Crippen molar-refractivity contribution in [3.63, 3.8) is 0 Å². The number of hydrogen-bond donors (Lipinski definition) is 1. The van der Waals surface area contributed by atoms with Gasteiger partial charge in [0.05, 0.1) is 12.7 Å². The topological polar surface area (TPSA) is 63.6 Å². The fourth-order valence-corrected chi connectivity index (χ4v) is 1.63. The minimum absolute atomic E-state index is 0.201. The number of carboxylic acid groups (broad SMARTS) is 1. The molecule has 1 rings (SSSR count). The lowest BCUT2D eigenvalue weighted by Gasteiger charge is -2.05. The lowest BCUT2D eigenvalue weighted by molar-refractivity contribution is -0.133. The van der Waals surface area contributed by atoms with Gasteiger partial charge in [-0.25, -0.2) is 4.79 Å². The summed E-state index contributed by atoms with van der Waals surface area (Å²) in [7, 11) is 1.46. The Morgan fingerprint density at radius 3 is 2.86 bits per heavy atom. The van der Waals surface area contributed by atoms with Crippen molar-refractivity contribution in [1.29, 1.82) is 0 Å². The number of allylic oxidation sites excluding steroid dienone is 3. The third-order valence-corrected chi connectivity index (χ3v) is 2.25. The molecule has 0 aliphatic heterocycles. The highest BCUT2D eigenvalue weighted by Crippen LogP contribution is 2.33. The molecule has 4 nitrogen and oxygen atoms in total. The van der Waals surface area contributed by atoms with Gasteiger partial charge in [-0.15, -0.1) is 0 Å². The molecule has 0 aromatic carbocycles. The first-order valence-corrected chi connectivity index (χ1v) is 4.33. The van der Waals surface area contributed by atoms with E-state index >= 15 is 0 Å². The van der Waals surface area contributed by atoms with E-state index in [0.29, 0.717) is 24.9 Å². The van der Waals surface area contributed by atoms with Crippen LogP contribution in [-0.4, -0.2) is 24.5 Å². The predicted octanol–water partition coefficient (Wildman–Crippen LogP) is 1.14. The van der Waals surface area contributed by atoms with Gasteiger partial charge in [0.1, 0.15) is 12.0 Å². The molecule has 0 heterocycles. The summed E-state index contributed by atoms with van der Waals surface area (Å²) in [6.45, 7) is 0. The lowest BCUT2D eigenvalue weighted by atomic mass is 10.0. The molecule has 0 aromatic rings. The summed E-state index contributed by atoms with van der Waals surface area (Å²) in [6.07, 6.45) is 4.88. The molecular weight excluding hydrogens is 184 g/mol. The molecule has 0 aromatic heterocycles. The van der Waals surface area contributed by atoms with Crippen LogP contribution in [0.15, 0.2) is 23.5 Å². The van der Waals surface area contributed by atoms with Gasteiger partial charge in [0.15, 0.2) is 0 Å². The van der Waals surface area contributed by atoms with Gasteiger partial charge >= 0.3 is 5.97 Å². The zero-order chi connectivity index (χ0) is 10.6. The average molecular weight is 196 g/mol. The van der Waals surface area contributed by atoms with E-state index in [9.17, 15) is 9.59 Å². The average Bonchev–Trinajstić information content (AvgIpc) is 2.57. The van der Waals surface area contributed by atoms with Gasteiger partial charge in [0.2, 0.25) is 0 Å². The molecule has 0 bridgehead atoms. The van der Waals surface area contributed by atoms with Crippen molar-refractivity contribution in [1.82, 2.24) is 0 Å². The maximum absolute atomic E-state index is 10.9. The van der Waals surface area contributed by atoms with E-state index in [-0.39, 0.29) is 11.5 Å². The Morgan fingerprint density at radius 2 is 2.36 bits per heavy atom. The van der Waals surface area contributed by atoms with Gasteiger partial charge in [0, 0.05) is 12.3 Å². The largest absolute Gasteiger partial charge is 0.501 e. The SMILES string of the molecule is COC1=C(C(=O)O)C(/C=C/C=O)CC1. The van der Waals surface area contributed by atoms with E-state index in [4.69, 9.17) is 9.84 Å². The van der Waals surface area contributed by atoms with Crippen LogP contribution in [0.25, 0.3) is 0 Å². The summed E-state index contributed by atoms with van der Waals surface area (Å²) in [5, 5.41) is 8.92. The Hall–Kier alpha value is -1.58. The van der Waals surface area contributed by atoms with E-state index in [1.165, 1.54) is 13.2 Å². The molecule has 0 spiro atoms. The van der Waals surface area contributed by atoms with Gasteiger partial charge in [-0.05, 0) is 12.5 Å². The zero-order valence-electron chi connectivity index (χ0n) is 7.90. The predicted molar refractivity (Wildman–Crippen MR) is 49.6 cm³/mol. The highest BCUT2D eigenvalue weighted by Gasteiger charge is 2.29. The second kappa shape index (κ2) is 4.60. The first-order valence-electron chi connectivity index (χ1n) is 4.33. The molecule has 76 valence electrons. The van der Waals surface area contributed by atoms with Crippen LogP contribution < -0.4 is 0 Å². The van der Waals surface area contributed by atoms with Crippen molar-refractivity contribution in [3.05, 3.63) is 23.5 Å². The number of ether oxygens (including phenoxy) is 1. The summed E-state index contributed by atoms with van der Waals surface area (Å²) >= 11 is 0. The second-order valence-electron chi connectivity index (χ2n) is 3.01. The Balaban J connectivity index is 2.90. The first kappa shape index (κ1) is 10.5. The van der Waals surface area contributed by atoms with Crippen LogP contribution in [0.5, 0.6) is 0 Å². The van der Waals surface area contributed by atoms with Crippen molar-refractivity contribution in [2.45, 2.75) is 12.8 Å². The van der Waals surface area contributed by atoms with Crippen molar-refractivity contribution in [2.24, 2.45) is 5.92 Å². The minimum Gasteiger partial charge on any atom is -0.501 e. The number of hydrogen-bond acceptors (Lipinski definition) is 3. The fraction of sp³-hybridized carbons (Fsp3) is 0.400. The van der Waals surface area contributed by atoms with Crippen molar-refractivity contribution in [2.75, 3.05) is 7.11 Å². The Labute approximate surface area is 81.9 Å². The van der Waals surface area contributed by atoms with E-state index < -0.39 is 5.97 Å².